The van der Waals surface area contributed by atoms with Crippen molar-refractivity contribution in [1.29, 1.82) is 0 Å². The molecule has 11 nitrogen and oxygen atoms in total. The molecule has 0 aliphatic carbocycles. The largest absolute Gasteiger partial charge is 0.388 e. The second-order valence-corrected chi connectivity index (χ2v) is 13.0. The Bertz CT molecular complexity index is 1330. The summed E-state index contributed by atoms with van der Waals surface area (Å²) in [5.74, 6) is -5.10. The molecule has 1 aromatic heterocycles. The normalized spacial score (nSPS) is 15.0. The monoisotopic (exact) mass is 640 g/mol. The van der Waals surface area contributed by atoms with Crippen LogP contribution in [-0.2, 0) is 25.8 Å². The van der Waals surface area contributed by atoms with Crippen molar-refractivity contribution in [3.05, 3.63) is 65.5 Å². The molecule has 0 radical (unpaired) electrons. The van der Waals surface area contributed by atoms with Gasteiger partial charge < -0.3 is 26.2 Å². The molecule has 5 N–H and O–H groups in total. The number of rotatable bonds is 18. The van der Waals surface area contributed by atoms with Gasteiger partial charge in [-0.1, -0.05) is 33.1 Å². The molecule has 2 rings (SSSR count). The van der Waals surface area contributed by atoms with Crippen LogP contribution in [0.15, 0.2) is 42.7 Å². The van der Waals surface area contributed by atoms with E-state index >= 15 is 0 Å². The van der Waals surface area contributed by atoms with Crippen LogP contribution in [0.25, 0.3) is 0 Å². The molecular formula is C30H42F2N4O7S. The number of aromatic nitrogens is 1. The Kier molecular flexibility index (Phi) is 14.8. The van der Waals surface area contributed by atoms with E-state index in [0.29, 0.717) is 31.7 Å². The molecule has 1 aromatic carbocycles. The predicted octanol–water partition coefficient (Wildman–Crippen LogP) is 1.82. The number of pyridine rings is 1. The maximum Gasteiger partial charge on any atom is 0.253 e. The first-order valence-electron chi connectivity index (χ1n) is 14.6. The number of sulfone groups is 1. The lowest BCUT2D eigenvalue weighted by Gasteiger charge is -2.33. The van der Waals surface area contributed by atoms with E-state index in [1.165, 1.54) is 31.5 Å². The standard InChI is InChI=1S/C30H42F2N4O7S/c1-4-6-10-24(34-19(3)37)27(38)28(39)25(15-20-13-22(31)16-23(32)14-20)35-30(41)26(18-44(42,43)12-7-5-2)36-29(40)21-9-8-11-33-17-21/h8-9,11,13-14,16-17,24-28,38-39H,4-7,10,12,15,18H2,1-3H3,(H,34,37)(H,35,41)(H,36,40). The van der Waals surface area contributed by atoms with Crippen LogP contribution < -0.4 is 16.0 Å². The number of nitrogens with zero attached hydrogens (tertiary/aromatic N) is 1. The second-order valence-electron chi connectivity index (χ2n) is 10.8. The number of hydrogen-bond donors (Lipinski definition) is 5. The molecule has 14 heteroatoms. The SMILES string of the molecule is CCCCC(NC(C)=O)C(O)C(O)C(Cc1cc(F)cc(F)c1)NC(=O)C(CS(=O)(=O)CCCC)NC(=O)c1cccnc1. The van der Waals surface area contributed by atoms with Crippen LogP contribution in [0.1, 0.15) is 68.8 Å². The van der Waals surface area contributed by atoms with Crippen molar-refractivity contribution in [2.45, 2.75) is 89.6 Å². The molecule has 0 aliphatic rings. The number of halogens is 2. The Balaban J connectivity index is 2.45. The van der Waals surface area contributed by atoms with Crippen molar-refractivity contribution >= 4 is 27.6 Å². The molecule has 0 spiro atoms. The fourth-order valence-electron chi connectivity index (χ4n) is 4.64. The topological polar surface area (TPSA) is 175 Å². The molecular weight excluding hydrogens is 598 g/mol. The molecule has 0 aliphatic heterocycles. The third-order valence-electron chi connectivity index (χ3n) is 6.91. The van der Waals surface area contributed by atoms with E-state index in [-0.39, 0.29) is 29.7 Å². The van der Waals surface area contributed by atoms with Gasteiger partial charge in [0.1, 0.15) is 29.9 Å². The first-order valence-corrected chi connectivity index (χ1v) is 16.4. The van der Waals surface area contributed by atoms with E-state index in [1.807, 2.05) is 6.92 Å². The summed E-state index contributed by atoms with van der Waals surface area (Å²) in [6.45, 7) is 4.93. The highest BCUT2D eigenvalue weighted by molar-refractivity contribution is 7.91. The van der Waals surface area contributed by atoms with Gasteiger partial charge in [0.2, 0.25) is 11.8 Å². The van der Waals surface area contributed by atoms with Gasteiger partial charge in [-0.3, -0.25) is 19.4 Å². The average Bonchev–Trinajstić information content (AvgIpc) is 2.96. The summed E-state index contributed by atoms with van der Waals surface area (Å²) in [4.78, 5) is 42.2. The number of carbonyl (C=O) groups excluding carboxylic acids is 3. The number of aliphatic hydroxyl groups is 2. The number of carbonyl (C=O) groups is 3. The molecule has 0 bridgehead atoms. The van der Waals surface area contributed by atoms with Gasteiger partial charge in [-0.25, -0.2) is 17.2 Å². The van der Waals surface area contributed by atoms with Gasteiger partial charge in [0.15, 0.2) is 9.84 Å². The van der Waals surface area contributed by atoms with E-state index in [2.05, 4.69) is 20.9 Å². The fraction of sp³-hybridized carbons (Fsp3) is 0.533. The Morgan fingerprint density at radius 3 is 2.14 bits per heavy atom. The minimum absolute atomic E-state index is 0.0233. The van der Waals surface area contributed by atoms with Crippen molar-refractivity contribution in [2.24, 2.45) is 0 Å². The minimum atomic E-state index is -3.85. The molecule has 0 saturated carbocycles. The summed E-state index contributed by atoms with van der Waals surface area (Å²) < 4.78 is 53.8. The average molecular weight is 641 g/mol. The lowest BCUT2D eigenvalue weighted by atomic mass is 9.91. The molecule has 0 fully saturated rings. The van der Waals surface area contributed by atoms with Crippen LogP contribution in [0, 0.1) is 11.6 Å². The third-order valence-corrected chi connectivity index (χ3v) is 8.66. The number of nitrogens with one attached hydrogen (secondary N) is 3. The first-order chi connectivity index (χ1) is 20.8. The Hall–Kier alpha value is -3.49. The van der Waals surface area contributed by atoms with Gasteiger partial charge in [-0.05, 0) is 49.1 Å². The second kappa shape index (κ2) is 17.7. The zero-order chi connectivity index (χ0) is 32.9. The van der Waals surface area contributed by atoms with Crippen LogP contribution in [-0.4, -0.2) is 83.2 Å². The van der Waals surface area contributed by atoms with Crippen LogP contribution in [0.2, 0.25) is 0 Å². The Labute approximate surface area is 256 Å². The molecule has 5 unspecified atom stereocenters. The smallest absolute Gasteiger partial charge is 0.253 e. The summed E-state index contributed by atoms with van der Waals surface area (Å²) in [6.07, 6.45) is 1.33. The maximum absolute atomic E-state index is 14.0. The first kappa shape index (κ1) is 36.7. The summed E-state index contributed by atoms with van der Waals surface area (Å²) >= 11 is 0. The van der Waals surface area contributed by atoms with E-state index < -0.39 is 75.3 Å². The van der Waals surface area contributed by atoms with Crippen LogP contribution in [0.5, 0.6) is 0 Å². The predicted molar refractivity (Wildman–Crippen MR) is 160 cm³/mol. The molecule has 2 aromatic rings. The summed E-state index contributed by atoms with van der Waals surface area (Å²) in [5, 5.41) is 29.9. The fourth-order valence-corrected chi connectivity index (χ4v) is 6.27. The molecule has 0 saturated heterocycles. The van der Waals surface area contributed by atoms with Gasteiger partial charge in [-0.2, -0.15) is 0 Å². The van der Waals surface area contributed by atoms with E-state index in [1.54, 1.807) is 6.92 Å². The number of unbranched alkanes of at least 4 members (excludes halogenated alkanes) is 2. The molecule has 244 valence electrons. The van der Waals surface area contributed by atoms with Crippen molar-refractivity contribution in [3.8, 4) is 0 Å². The molecule has 3 amide bonds. The highest BCUT2D eigenvalue weighted by atomic mass is 32.2. The van der Waals surface area contributed by atoms with Crippen LogP contribution >= 0.6 is 0 Å². The van der Waals surface area contributed by atoms with E-state index in [4.69, 9.17) is 0 Å². The number of aliphatic hydroxyl groups excluding tert-OH is 2. The Morgan fingerprint density at radius 2 is 1.57 bits per heavy atom. The summed E-state index contributed by atoms with van der Waals surface area (Å²) in [5.41, 5.74) is 0.0859. The highest BCUT2D eigenvalue weighted by Crippen LogP contribution is 2.17. The van der Waals surface area contributed by atoms with E-state index in [0.717, 1.165) is 12.1 Å². The van der Waals surface area contributed by atoms with Crippen molar-refractivity contribution < 1.29 is 41.8 Å². The lowest BCUT2D eigenvalue weighted by molar-refractivity contribution is -0.126. The van der Waals surface area contributed by atoms with Gasteiger partial charge >= 0.3 is 0 Å². The highest BCUT2D eigenvalue weighted by Gasteiger charge is 2.36. The molecule has 1 heterocycles. The van der Waals surface area contributed by atoms with Crippen LogP contribution in [0.3, 0.4) is 0 Å². The number of amides is 3. The Morgan fingerprint density at radius 1 is 0.932 bits per heavy atom. The molecule has 5 atom stereocenters. The molecule has 44 heavy (non-hydrogen) atoms. The maximum atomic E-state index is 14.0. The quantitative estimate of drug-likeness (QED) is 0.164. The number of benzene rings is 1. The van der Waals surface area contributed by atoms with Gasteiger partial charge in [0.05, 0.1) is 29.2 Å². The summed E-state index contributed by atoms with van der Waals surface area (Å²) in [7, 11) is -3.85. The van der Waals surface area contributed by atoms with E-state index in [9.17, 15) is 41.8 Å². The van der Waals surface area contributed by atoms with Crippen molar-refractivity contribution in [3.63, 3.8) is 0 Å². The third kappa shape index (κ3) is 12.2. The zero-order valence-electron chi connectivity index (χ0n) is 25.1. The zero-order valence-corrected chi connectivity index (χ0v) is 25.9. The lowest BCUT2D eigenvalue weighted by Crippen LogP contribution is -2.59. The van der Waals surface area contributed by atoms with Crippen molar-refractivity contribution in [2.75, 3.05) is 11.5 Å². The van der Waals surface area contributed by atoms with Crippen molar-refractivity contribution in [1.82, 2.24) is 20.9 Å². The van der Waals surface area contributed by atoms with Gasteiger partial charge in [-0.15, -0.1) is 0 Å². The van der Waals surface area contributed by atoms with Gasteiger partial charge in [0.25, 0.3) is 5.91 Å². The minimum Gasteiger partial charge on any atom is -0.388 e. The number of hydrogen-bond acceptors (Lipinski definition) is 8. The van der Waals surface area contributed by atoms with Gasteiger partial charge in [0, 0.05) is 25.4 Å². The van der Waals surface area contributed by atoms with Crippen LogP contribution in [0.4, 0.5) is 8.78 Å². The summed E-state index contributed by atoms with van der Waals surface area (Å²) in [6, 6.07) is 1.54.